The molecule has 0 bridgehead atoms. The van der Waals surface area contributed by atoms with Gasteiger partial charge >= 0.3 is 0 Å². The number of hydrogen-bond donors (Lipinski definition) is 1. The van der Waals surface area contributed by atoms with Gasteiger partial charge in [0, 0.05) is 12.0 Å². The van der Waals surface area contributed by atoms with Gasteiger partial charge in [-0.25, -0.2) is 8.93 Å². The first kappa shape index (κ1) is 14.0. The summed E-state index contributed by atoms with van der Waals surface area (Å²) in [6.07, 6.45) is 0.754. The summed E-state index contributed by atoms with van der Waals surface area (Å²) in [4.78, 5) is 0. The van der Waals surface area contributed by atoms with Crippen LogP contribution in [0.15, 0.2) is 18.2 Å². The van der Waals surface area contributed by atoms with Crippen molar-refractivity contribution in [3.8, 4) is 11.8 Å². The van der Waals surface area contributed by atoms with Gasteiger partial charge in [0.05, 0.1) is 33.9 Å². The van der Waals surface area contributed by atoms with Crippen LogP contribution in [0.3, 0.4) is 0 Å². The van der Waals surface area contributed by atoms with Crippen molar-refractivity contribution in [2.75, 3.05) is 6.61 Å². The number of benzene rings is 1. The molecule has 102 valence electrons. The normalized spacial score (nSPS) is 20.0. The number of nitriles is 1. The minimum absolute atomic E-state index is 0.0305. The number of ether oxygens (including phenoxy) is 1. The largest absolute Gasteiger partial charge is 0.492 e. The summed E-state index contributed by atoms with van der Waals surface area (Å²) in [7, 11) is -1.14. The number of para-hydroxylation sites is 1. The molecule has 19 heavy (non-hydrogen) atoms. The molecule has 1 N–H and O–H groups in total. The Morgan fingerprint density at radius 2 is 2.21 bits per heavy atom. The van der Waals surface area contributed by atoms with Crippen molar-refractivity contribution in [2.24, 2.45) is 0 Å². The van der Waals surface area contributed by atoms with E-state index in [0.29, 0.717) is 17.9 Å². The number of hydrogen-bond acceptors (Lipinski definition) is 3. The van der Waals surface area contributed by atoms with Crippen LogP contribution in [0.2, 0.25) is 0 Å². The molecule has 0 aliphatic carbocycles. The molecule has 2 atom stereocenters. The van der Waals surface area contributed by atoms with E-state index in [-0.39, 0.29) is 10.8 Å². The Kier molecular flexibility index (Phi) is 3.93. The smallest absolute Gasteiger partial charge is 0.141 e. The van der Waals surface area contributed by atoms with Crippen LogP contribution >= 0.6 is 0 Å². The Morgan fingerprint density at radius 3 is 2.84 bits per heavy atom. The third-order valence-electron chi connectivity index (χ3n) is 3.00. The average Bonchev–Trinajstić information content (AvgIpc) is 2.37. The van der Waals surface area contributed by atoms with Crippen LogP contribution in [-0.2, 0) is 11.0 Å². The lowest BCUT2D eigenvalue weighted by Gasteiger charge is -2.29. The highest BCUT2D eigenvalue weighted by molar-refractivity contribution is 7.84. The summed E-state index contributed by atoms with van der Waals surface area (Å²) < 4.78 is 20.6. The van der Waals surface area contributed by atoms with E-state index in [0.717, 1.165) is 12.0 Å². The summed E-state index contributed by atoms with van der Waals surface area (Å²) in [6.45, 7) is 6.33. The van der Waals surface area contributed by atoms with Crippen molar-refractivity contribution in [1.82, 2.24) is 4.72 Å². The molecule has 1 aliphatic rings. The standard InChI is InChI=1S/C14H18N2O2S/c1-14(2,3)19(17)16-12-7-8-18-13-10(9-15)5-4-6-11(12)13/h4-6,12,16H,7-8H2,1-3H3. The molecule has 1 aromatic rings. The molecule has 0 fully saturated rings. The van der Waals surface area contributed by atoms with Gasteiger partial charge in [0.2, 0.25) is 0 Å². The first-order chi connectivity index (χ1) is 8.93. The van der Waals surface area contributed by atoms with Crippen LogP contribution in [-0.4, -0.2) is 15.6 Å². The van der Waals surface area contributed by atoms with E-state index in [9.17, 15) is 4.21 Å². The number of nitrogens with zero attached hydrogens (tertiary/aromatic N) is 1. The average molecular weight is 278 g/mol. The van der Waals surface area contributed by atoms with E-state index in [1.165, 1.54) is 0 Å². The van der Waals surface area contributed by atoms with Gasteiger partial charge in [-0.1, -0.05) is 12.1 Å². The molecule has 1 aromatic carbocycles. The van der Waals surface area contributed by atoms with Crippen LogP contribution in [0.4, 0.5) is 0 Å². The lowest BCUT2D eigenvalue weighted by molar-refractivity contribution is 0.263. The molecule has 1 aliphatic heterocycles. The Hall–Kier alpha value is -1.38. The zero-order valence-corrected chi connectivity index (χ0v) is 12.2. The Morgan fingerprint density at radius 1 is 1.47 bits per heavy atom. The van der Waals surface area contributed by atoms with Gasteiger partial charge in [0.1, 0.15) is 11.8 Å². The quantitative estimate of drug-likeness (QED) is 0.903. The van der Waals surface area contributed by atoms with Gasteiger partial charge in [0.25, 0.3) is 0 Å². The SMILES string of the molecule is CC(C)(C)S(=O)NC1CCOc2c(C#N)cccc21. The second-order valence-electron chi connectivity index (χ2n) is 5.52. The Labute approximate surface area is 116 Å². The van der Waals surface area contributed by atoms with E-state index >= 15 is 0 Å². The topological polar surface area (TPSA) is 62.1 Å². The Balaban J connectivity index is 2.29. The van der Waals surface area contributed by atoms with E-state index in [4.69, 9.17) is 10.00 Å². The van der Waals surface area contributed by atoms with Gasteiger partial charge < -0.3 is 4.74 Å². The minimum atomic E-state index is -1.14. The zero-order chi connectivity index (χ0) is 14.0. The first-order valence-electron chi connectivity index (χ1n) is 6.27. The van der Waals surface area contributed by atoms with Crippen molar-refractivity contribution in [3.63, 3.8) is 0 Å². The molecular weight excluding hydrogens is 260 g/mol. The maximum atomic E-state index is 12.2. The summed E-state index contributed by atoms with van der Waals surface area (Å²) in [5, 5.41) is 9.08. The fourth-order valence-electron chi connectivity index (χ4n) is 1.94. The molecule has 0 aromatic heterocycles. The maximum Gasteiger partial charge on any atom is 0.141 e. The van der Waals surface area contributed by atoms with E-state index in [2.05, 4.69) is 10.8 Å². The number of fused-ring (bicyclic) bond motifs is 1. The highest BCUT2D eigenvalue weighted by Crippen LogP contribution is 2.35. The van der Waals surface area contributed by atoms with Gasteiger partial charge in [-0.15, -0.1) is 0 Å². The predicted molar refractivity (Wildman–Crippen MR) is 75.0 cm³/mol. The fourth-order valence-corrected chi connectivity index (χ4v) is 2.80. The monoisotopic (exact) mass is 278 g/mol. The van der Waals surface area contributed by atoms with Crippen LogP contribution in [0.25, 0.3) is 0 Å². The molecule has 2 unspecified atom stereocenters. The summed E-state index contributed by atoms with van der Waals surface area (Å²) in [5.41, 5.74) is 1.45. The lowest BCUT2D eigenvalue weighted by atomic mass is 9.99. The van der Waals surface area contributed by atoms with Gasteiger partial charge in [-0.3, -0.25) is 0 Å². The van der Waals surface area contributed by atoms with Crippen LogP contribution in [0.1, 0.15) is 44.4 Å². The molecule has 0 spiro atoms. The highest BCUT2D eigenvalue weighted by atomic mass is 32.2. The van der Waals surface area contributed by atoms with Gasteiger partial charge in [0.15, 0.2) is 0 Å². The number of nitrogens with one attached hydrogen (secondary N) is 1. The van der Waals surface area contributed by atoms with Crippen LogP contribution < -0.4 is 9.46 Å². The predicted octanol–water partition coefficient (Wildman–Crippen LogP) is 2.43. The van der Waals surface area contributed by atoms with E-state index in [1.54, 1.807) is 6.07 Å². The summed E-state index contributed by atoms with van der Waals surface area (Å²) >= 11 is 0. The summed E-state index contributed by atoms with van der Waals surface area (Å²) in [6, 6.07) is 7.60. The molecule has 0 saturated heterocycles. The molecule has 0 saturated carbocycles. The summed E-state index contributed by atoms with van der Waals surface area (Å²) in [5.74, 6) is 0.625. The lowest BCUT2D eigenvalue weighted by Crippen LogP contribution is -2.37. The number of rotatable bonds is 2. The third-order valence-corrected chi connectivity index (χ3v) is 4.61. The van der Waals surface area contributed by atoms with Gasteiger partial charge in [-0.05, 0) is 26.8 Å². The van der Waals surface area contributed by atoms with Crippen LogP contribution in [0.5, 0.6) is 5.75 Å². The Bertz CT molecular complexity index is 543. The van der Waals surface area contributed by atoms with Crippen molar-refractivity contribution in [1.29, 1.82) is 5.26 Å². The molecule has 4 nitrogen and oxygen atoms in total. The highest BCUT2D eigenvalue weighted by Gasteiger charge is 2.28. The van der Waals surface area contributed by atoms with Crippen molar-refractivity contribution < 1.29 is 8.95 Å². The van der Waals surface area contributed by atoms with Crippen molar-refractivity contribution >= 4 is 11.0 Å². The molecule has 2 rings (SSSR count). The van der Waals surface area contributed by atoms with E-state index in [1.807, 2.05) is 32.9 Å². The zero-order valence-electron chi connectivity index (χ0n) is 11.4. The molecule has 0 amide bonds. The van der Waals surface area contributed by atoms with Crippen LogP contribution in [0, 0.1) is 11.3 Å². The fraction of sp³-hybridized carbons (Fsp3) is 0.500. The van der Waals surface area contributed by atoms with Crippen molar-refractivity contribution in [2.45, 2.75) is 38.0 Å². The van der Waals surface area contributed by atoms with Crippen molar-refractivity contribution in [3.05, 3.63) is 29.3 Å². The molecule has 1 heterocycles. The second kappa shape index (κ2) is 5.32. The first-order valence-corrected chi connectivity index (χ1v) is 7.42. The maximum absolute atomic E-state index is 12.2. The molecule has 0 radical (unpaired) electrons. The molecular formula is C14H18N2O2S. The molecule has 5 heteroatoms. The minimum Gasteiger partial charge on any atom is -0.492 e. The second-order valence-corrected chi connectivity index (χ2v) is 7.52. The third kappa shape index (κ3) is 2.96. The van der Waals surface area contributed by atoms with E-state index < -0.39 is 11.0 Å². The van der Waals surface area contributed by atoms with Gasteiger partial charge in [-0.2, -0.15) is 5.26 Å².